The maximum absolute atomic E-state index is 12.0. The Morgan fingerprint density at radius 3 is 2.12 bits per heavy atom. The molecule has 0 spiro atoms. The number of hydrogen-bond acceptors (Lipinski definition) is 4. The number of para-hydroxylation sites is 1. The fourth-order valence-electron chi connectivity index (χ4n) is 1.91. The number of aromatic carboxylic acids is 1. The van der Waals surface area contributed by atoms with E-state index in [1.807, 2.05) is 6.07 Å². The van der Waals surface area contributed by atoms with Gasteiger partial charge in [0.15, 0.2) is 6.10 Å². The number of hydrogen-bond donors (Lipinski definition) is 3. The van der Waals surface area contributed by atoms with Crippen LogP contribution in [0.4, 0.5) is 0 Å². The van der Waals surface area contributed by atoms with Gasteiger partial charge in [-0.15, -0.1) is 0 Å². The van der Waals surface area contributed by atoms with Crippen LogP contribution in [0, 0.1) is 0 Å². The lowest BCUT2D eigenvalue weighted by Crippen LogP contribution is -2.47. The van der Waals surface area contributed by atoms with Crippen LogP contribution in [0.3, 0.4) is 0 Å². The van der Waals surface area contributed by atoms with E-state index in [9.17, 15) is 14.4 Å². The molecule has 0 aliphatic heterocycles. The molecule has 0 radical (unpaired) electrons. The van der Waals surface area contributed by atoms with E-state index < -0.39 is 23.9 Å². The highest BCUT2D eigenvalue weighted by Gasteiger charge is 2.18. The number of benzene rings is 2. The van der Waals surface area contributed by atoms with Crippen molar-refractivity contribution in [3.63, 3.8) is 0 Å². The predicted molar refractivity (Wildman–Crippen MR) is 85.5 cm³/mol. The summed E-state index contributed by atoms with van der Waals surface area (Å²) in [6, 6.07) is 14.5. The number of ether oxygens (including phenoxy) is 1. The van der Waals surface area contributed by atoms with Crippen molar-refractivity contribution < 1.29 is 24.2 Å². The van der Waals surface area contributed by atoms with Crippen molar-refractivity contribution in [1.29, 1.82) is 0 Å². The minimum atomic E-state index is -1.23. The van der Waals surface area contributed by atoms with Crippen LogP contribution >= 0.6 is 0 Å². The Balaban J connectivity index is 1.94. The molecule has 0 bridgehead atoms. The Kier molecular flexibility index (Phi) is 5.51. The molecule has 1 atom stereocenters. The lowest BCUT2D eigenvalue weighted by Gasteiger charge is -2.15. The summed E-state index contributed by atoms with van der Waals surface area (Å²) >= 11 is 0. The summed E-state index contributed by atoms with van der Waals surface area (Å²) in [5.41, 5.74) is 4.18. The summed E-state index contributed by atoms with van der Waals surface area (Å²) in [6.45, 7) is 1.53. The summed E-state index contributed by atoms with van der Waals surface area (Å²) in [4.78, 5) is 35.0. The van der Waals surface area contributed by atoms with Crippen LogP contribution in [-0.4, -0.2) is 29.0 Å². The summed E-state index contributed by atoms with van der Waals surface area (Å²) in [5.74, 6) is -2.01. The molecule has 0 heterocycles. The summed E-state index contributed by atoms with van der Waals surface area (Å²) in [7, 11) is 0. The smallest absolute Gasteiger partial charge is 0.336 e. The van der Waals surface area contributed by atoms with Crippen molar-refractivity contribution in [1.82, 2.24) is 10.9 Å². The van der Waals surface area contributed by atoms with Gasteiger partial charge < -0.3 is 9.84 Å². The molecular formula is C17H16N2O5. The van der Waals surface area contributed by atoms with E-state index in [0.717, 1.165) is 0 Å². The third-order valence-corrected chi connectivity index (χ3v) is 3.13. The summed E-state index contributed by atoms with van der Waals surface area (Å²) in [5, 5.41) is 9.06. The van der Waals surface area contributed by atoms with E-state index >= 15 is 0 Å². The average molecular weight is 328 g/mol. The van der Waals surface area contributed by atoms with Crippen LogP contribution in [0.25, 0.3) is 0 Å². The molecule has 2 aromatic carbocycles. The maximum atomic E-state index is 12.0. The maximum Gasteiger partial charge on any atom is 0.336 e. The Morgan fingerprint density at radius 1 is 0.917 bits per heavy atom. The second kappa shape index (κ2) is 7.77. The average Bonchev–Trinajstić information content (AvgIpc) is 2.60. The van der Waals surface area contributed by atoms with E-state index in [1.54, 1.807) is 24.3 Å². The van der Waals surface area contributed by atoms with Crippen molar-refractivity contribution in [2.45, 2.75) is 13.0 Å². The van der Waals surface area contributed by atoms with Crippen molar-refractivity contribution >= 4 is 17.8 Å². The fourth-order valence-corrected chi connectivity index (χ4v) is 1.91. The molecule has 2 amide bonds. The molecule has 0 saturated carbocycles. The zero-order valence-corrected chi connectivity index (χ0v) is 12.9. The van der Waals surface area contributed by atoms with E-state index in [4.69, 9.17) is 9.84 Å². The predicted octanol–water partition coefficient (Wildman–Crippen LogP) is 1.61. The number of carboxylic acid groups (broad SMARTS) is 1. The number of hydrazine groups is 1. The number of carbonyl (C=O) groups is 3. The molecule has 2 aromatic rings. The zero-order valence-electron chi connectivity index (χ0n) is 12.9. The largest absolute Gasteiger partial charge is 0.481 e. The van der Waals surface area contributed by atoms with Gasteiger partial charge in [0.1, 0.15) is 5.75 Å². The van der Waals surface area contributed by atoms with E-state index in [1.165, 1.54) is 31.2 Å². The molecule has 7 nitrogen and oxygen atoms in total. The third kappa shape index (κ3) is 4.33. The van der Waals surface area contributed by atoms with Gasteiger partial charge in [-0.1, -0.05) is 30.3 Å². The highest BCUT2D eigenvalue weighted by molar-refractivity contribution is 6.05. The first-order valence-corrected chi connectivity index (χ1v) is 7.13. The van der Waals surface area contributed by atoms with E-state index in [0.29, 0.717) is 5.75 Å². The first-order chi connectivity index (χ1) is 11.5. The first kappa shape index (κ1) is 17.0. The molecule has 124 valence electrons. The molecule has 0 fully saturated rings. The van der Waals surface area contributed by atoms with Crippen LogP contribution in [0.5, 0.6) is 5.75 Å². The molecule has 2 rings (SSSR count). The minimum Gasteiger partial charge on any atom is -0.481 e. The van der Waals surface area contributed by atoms with E-state index in [2.05, 4.69) is 10.9 Å². The van der Waals surface area contributed by atoms with Crippen LogP contribution < -0.4 is 15.6 Å². The van der Waals surface area contributed by atoms with Crippen molar-refractivity contribution in [3.8, 4) is 5.75 Å². The van der Waals surface area contributed by atoms with Crippen molar-refractivity contribution in [2.75, 3.05) is 0 Å². The molecule has 7 heteroatoms. The molecule has 0 aliphatic carbocycles. The molecule has 0 saturated heterocycles. The van der Waals surface area contributed by atoms with Gasteiger partial charge in [0.05, 0.1) is 11.1 Å². The lowest BCUT2D eigenvalue weighted by molar-refractivity contribution is -0.128. The van der Waals surface area contributed by atoms with Gasteiger partial charge >= 0.3 is 5.97 Å². The van der Waals surface area contributed by atoms with Gasteiger partial charge in [0.2, 0.25) is 0 Å². The fraction of sp³-hybridized carbons (Fsp3) is 0.118. The van der Waals surface area contributed by atoms with Gasteiger partial charge in [-0.3, -0.25) is 20.4 Å². The summed E-state index contributed by atoms with van der Waals surface area (Å²) in [6.07, 6.45) is -0.845. The number of rotatable bonds is 5. The third-order valence-electron chi connectivity index (χ3n) is 3.13. The molecule has 24 heavy (non-hydrogen) atoms. The zero-order chi connectivity index (χ0) is 17.5. The van der Waals surface area contributed by atoms with E-state index in [-0.39, 0.29) is 11.1 Å². The lowest BCUT2D eigenvalue weighted by atomic mass is 10.1. The van der Waals surface area contributed by atoms with Gasteiger partial charge in [0.25, 0.3) is 11.8 Å². The normalized spacial score (nSPS) is 11.2. The van der Waals surface area contributed by atoms with Crippen LogP contribution in [0.2, 0.25) is 0 Å². The van der Waals surface area contributed by atoms with Crippen LogP contribution in [-0.2, 0) is 4.79 Å². The second-order valence-electron chi connectivity index (χ2n) is 4.87. The standard InChI is InChI=1S/C17H16N2O5/c1-11(24-12-7-3-2-4-8-12)15(20)18-19-16(21)13-9-5-6-10-14(13)17(22)23/h2-11H,1H3,(H,18,20)(H,19,21)(H,22,23)/t11-/m1/s1. The van der Waals surface area contributed by atoms with Gasteiger partial charge in [0, 0.05) is 0 Å². The van der Waals surface area contributed by atoms with Crippen molar-refractivity contribution in [3.05, 3.63) is 65.7 Å². The summed E-state index contributed by atoms with van der Waals surface area (Å²) < 4.78 is 5.42. The SMILES string of the molecule is C[C@@H](Oc1ccccc1)C(=O)NNC(=O)c1ccccc1C(=O)O. The molecule has 0 aromatic heterocycles. The Hall–Kier alpha value is -3.35. The Labute approximate surface area is 138 Å². The van der Waals surface area contributed by atoms with Crippen LogP contribution in [0.1, 0.15) is 27.6 Å². The Bertz CT molecular complexity index is 746. The number of carboxylic acids is 1. The molecule has 0 unspecified atom stereocenters. The number of amides is 2. The second-order valence-corrected chi connectivity index (χ2v) is 4.87. The minimum absolute atomic E-state index is 0.0538. The molecule has 0 aliphatic rings. The number of carbonyl (C=O) groups excluding carboxylic acids is 2. The highest BCUT2D eigenvalue weighted by atomic mass is 16.5. The molecular weight excluding hydrogens is 312 g/mol. The van der Waals surface area contributed by atoms with Gasteiger partial charge in [-0.2, -0.15) is 0 Å². The monoisotopic (exact) mass is 328 g/mol. The first-order valence-electron chi connectivity index (χ1n) is 7.13. The Morgan fingerprint density at radius 2 is 1.50 bits per heavy atom. The van der Waals surface area contributed by atoms with Gasteiger partial charge in [-0.25, -0.2) is 4.79 Å². The molecule has 3 N–H and O–H groups in total. The van der Waals surface area contributed by atoms with Crippen molar-refractivity contribution in [2.24, 2.45) is 0 Å². The van der Waals surface area contributed by atoms with Crippen LogP contribution in [0.15, 0.2) is 54.6 Å². The quantitative estimate of drug-likeness (QED) is 0.723. The number of nitrogens with one attached hydrogen (secondary N) is 2. The van der Waals surface area contributed by atoms with Gasteiger partial charge in [-0.05, 0) is 31.2 Å². The highest BCUT2D eigenvalue weighted by Crippen LogP contribution is 2.11. The topological polar surface area (TPSA) is 105 Å².